The molecule has 2 N–H and O–H groups in total. The Morgan fingerprint density at radius 1 is 1.24 bits per heavy atom. The highest BCUT2D eigenvalue weighted by molar-refractivity contribution is 5.89. The number of nitrogens with one attached hydrogen (secondary N) is 1. The number of unbranched alkanes of at least 4 members (excludes halogenated alkanes) is 2. The fraction of sp³-hybridized carbons (Fsp3) is 0.462. The molecule has 0 aliphatic carbocycles. The van der Waals surface area contributed by atoms with E-state index in [-0.39, 0.29) is 12.6 Å². The third kappa shape index (κ3) is 4.87. The summed E-state index contributed by atoms with van der Waals surface area (Å²) in [5, 5.41) is 11.9. The quantitative estimate of drug-likeness (QED) is 0.563. The third-order valence-corrected chi connectivity index (χ3v) is 2.47. The van der Waals surface area contributed by atoms with Crippen LogP contribution in [0.25, 0.3) is 0 Å². The number of aliphatic hydroxyl groups is 1. The summed E-state index contributed by atoms with van der Waals surface area (Å²) in [6.07, 6.45) is 2.89. The van der Waals surface area contributed by atoms with Crippen molar-refractivity contribution in [3.63, 3.8) is 0 Å². The highest BCUT2D eigenvalue weighted by Gasteiger charge is 2.03. The molecule has 0 atom stereocenters. The minimum absolute atomic E-state index is 0.258. The molecule has 4 heteroatoms. The lowest BCUT2D eigenvalue weighted by atomic mass is 10.2. The number of methoxy groups -OCH3 is 1. The zero-order valence-electron chi connectivity index (χ0n) is 10.1. The number of carbonyl (C=O) groups is 1. The topological polar surface area (TPSA) is 58.6 Å². The van der Waals surface area contributed by atoms with E-state index in [1.165, 1.54) is 7.11 Å². The molecule has 1 aromatic carbocycles. The molecule has 1 aromatic rings. The Hall–Kier alpha value is -1.55. The lowest BCUT2D eigenvalue weighted by Gasteiger charge is -2.06. The number of rotatable bonds is 7. The molecule has 0 aliphatic heterocycles. The summed E-state index contributed by atoms with van der Waals surface area (Å²) in [5.41, 5.74) is 1.54. The molecular formula is C13H19NO3. The van der Waals surface area contributed by atoms with Gasteiger partial charge in [-0.05, 0) is 43.5 Å². The van der Waals surface area contributed by atoms with E-state index in [0.29, 0.717) is 5.56 Å². The van der Waals surface area contributed by atoms with E-state index in [1.54, 1.807) is 12.1 Å². The van der Waals surface area contributed by atoms with Gasteiger partial charge in [-0.1, -0.05) is 0 Å². The molecule has 17 heavy (non-hydrogen) atoms. The van der Waals surface area contributed by atoms with Crippen molar-refractivity contribution in [1.29, 1.82) is 0 Å². The van der Waals surface area contributed by atoms with Gasteiger partial charge in [-0.2, -0.15) is 0 Å². The SMILES string of the molecule is COC(=O)c1ccc(NCCCCCO)cc1. The summed E-state index contributed by atoms with van der Waals surface area (Å²) in [6.45, 7) is 1.13. The van der Waals surface area contributed by atoms with E-state index < -0.39 is 0 Å². The normalized spacial score (nSPS) is 10.0. The molecule has 94 valence electrons. The molecule has 0 saturated heterocycles. The van der Waals surface area contributed by atoms with Crippen molar-refractivity contribution in [2.75, 3.05) is 25.6 Å². The van der Waals surface area contributed by atoms with Gasteiger partial charge >= 0.3 is 5.97 Å². The number of hydrogen-bond acceptors (Lipinski definition) is 4. The first-order valence-electron chi connectivity index (χ1n) is 5.81. The lowest BCUT2D eigenvalue weighted by molar-refractivity contribution is 0.0601. The van der Waals surface area contributed by atoms with Gasteiger partial charge in [0.15, 0.2) is 0 Å². The summed E-state index contributed by atoms with van der Waals surface area (Å²) in [5.74, 6) is -0.320. The molecule has 0 radical (unpaired) electrons. The van der Waals surface area contributed by atoms with E-state index in [0.717, 1.165) is 31.5 Å². The fourth-order valence-electron chi connectivity index (χ4n) is 1.49. The van der Waals surface area contributed by atoms with Gasteiger partial charge in [-0.25, -0.2) is 4.79 Å². The molecule has 0 aliphatic rings. The Bertz CT molecular complexity index is 335. The predicted molar refractivity (Wildman–Crippen MR) is 67.2 cm³/mol. The van der Waals surface area contributed by atoms with Crippen LogP contribution in [-0.4, -0.2) is 31.3 Å². The molecule has 4 nitrogen and oxygen atoms in total. The number of carbonyl (C=O) groups excluding carboxylic acids is 1. The third-order valence-electron chi connectivity index (χ3n) is 2.47. The summed E-state index contributed by atoms with van der Waals surface area (Å²) >= 11 is 0. The van der Waals surface area contributed by atoms with E-state index in [2.05, 4.69) is 10.1 Å². The van der Waals surface area contributed by atoms with E-state index in [1.807, 2.05) is 12.1 Å². The highest BCUT2D eigenvalue weighted by atomic mass is 16.5. The molecule has 0 heterocycles. The largest absolute Gasteiger partial charge is 0.465 e. The summed E-state index contributed by atoms with van der Waals surface area (Å²) in [4.78, 5) is 11.2. The number of anilines is 1. The lowest BCUT2D eigenvalue weighted by Crippen LogP contribution is -2.04. The van der Waals surface area contributed by atoms with Crippen molar-refractivity contribution >= 4 is 11.7 Å². The maximum Gasteiger partial charge on any atom is 0.337 e. The van der Waals surface area contributed by atoms with Crippen molar-refractivity contribution in [1.82, 2.24) is 0 Å². The van der Waals surface area contributed by atoms with Gasteiger partial charge in [0.2, 0.25) is 0 Å². The van der Waals surface area contributed by atoms with Gasteiger partial charge in [0, 0.05) is 18.8 Å². The van der Waals surface area contributed by atoms with Gasteiger partial charge in [0.25, 0.3) is 0 Å². The number of benzene rings is 1. The standard InChI is InChI=1S/C13H19NO3/c1-17-13(16)11-5-7-12(8-6-11)14-9-3-2-4-10-15/h5-8,14-15H,2-4,9-10H2,1H3. The Morgan fingerprint density at radius 2 is 1.94 bits per heavy atom. The fourth-order valence-corrected chi connectivity index (χ4v) is 1.49. The first-order valence-corrected chi connectivity index (χ1v) is 5.81. The van der Waals surface area contributed by atoms with Crippen LogP contribution in [0, 0.1) is 0 Å². The molecule has 0 fully saturated rings. The van der Waals surface area contributed by atoms with Gasteiger partial charge < -0.3 is 15.2 Å². The van der Waals surface area contributed by atoms with E-state index >= 15 is 0 Å². The van der Waals surface area contributed by atoms with Crippen LogP contribution in [0.4, 0.5) is 5.69 Å². The van der Waals surface area contributed by atoms with Crippen molar-refractivity contribution in [3.8, 4) is 0 Å². The maximum absolute atomic E-state index is 11.2. The van der Waals surface area contributed by atoms with Crippen LogP contribution in [0.2, 0.25) is 0 Å². The monoisotopic (exact) mass is 237 g/mol. The van der Waals surface area contributed by atoms with Crippen molar-refractivity contribution in [2.45, 2.75) is 19.3 Å². The Kier molecular flexibility index (Phi) is 6.10. The minimum Gasteiger partial charge on any atom is -0.465 e. The smallest absolute Gasteiger partial charge is 0.337 e. The Labute approximate surface area is 102 Å². The van der Waals surface area contributed by atoms with Gasteiger partial charge in [-0.15, -0.1) is 0 Å². The molecule has 0 spiro atoms. The first-order chi connectivity index (χ1) is 8.27. The summed E-state index contributed by atoms with van der Waals surface area (Å²) in [7, 11) is 1.37. The second-order valence-electron chi connectivity index (χ2n) is 3.78. The van der Waals surface area contributed by atoms with Crippen LogP contribution in [0.1, 0.15) is 29.6 Å². The molecule has 0 unspecified atom stereocenters. The van der Waals surface area contributed by atoms with E-state index in [9.17, 15) is 4.79 Å². The molecule has 0 bridgehead atoms. The maximum atomic E-state index is 11.2. The van der Waals surface area contributed by atoms with Crippen molar-refractivity contribution < 1.29 is 14.6 Å². The number of esters is 1. The van der Waals surface area contributed by atoms with Crippen LogP contribution in [0.15, 0.2) is 24.3 Å². The highest BCUT2D eigenvalue weighted by Crippen LogP contribution is 2.10. The number of ether oxygens (including phenoxy) is 1. The average Bonchev–Trinajstić information content (AvgIpc) is 2.38. The summed E-state index contributed by atoms with van der Waals surface area (Å²) in [6, 6.07) is 7.19. The van der Waals surface area contributed by atoms with Crippen LogP contribution in [-0.2, 0) is 4.74 Å². The van der Waals surface area contributed by atoms with Crippen molar-refractivity contribution in [2.24, 2.45) is 0 Å². The first kappa shape index (κ1) is 13.5. The van der Waals surface area contributed by atoms with Gasteiger partial charge in [-0.3, -0.25) is 0 Å². The van der Waals surface area contributed by atoms with Crippen LogP contribution >= 0.6 is 0 Å². The van der Waals surface area contributed by atoms with Crippen LogP contribution < -0.4 is 5.32 Å². The molecular weight excluding hydrogens is 218 g/mol. The Morgan fingerprint density at radius 3 is 2.53 bits per heavy atom. The van der Waals surface area contributed by atoms with E-state index in [4.69, 9.17) is 5.11 Å². The van der Waals surface area contributed by atoms with Crippen LogP contribution in [0.5, 0.6) is 0 Å². The Balaban J connectivity index is 2.33. The number of aliphatic hydroxyl groups excluding tert-OH is 1. The summed E-state index contributed by atoms with van der Waals surface area (Å²) < 4.78 is 4.62. The molecule has 1 rings (SSSR count). The van der Waals surface area contributed by atoms with Crippen molar-refractivity contribution in [3.05, 3.63) is 29.8 Å². The average molecular weight is 237 g/mol. The predicted octanol–water partition coefficient (Wildman–Crippen LogP) is 2.05. The zero-order valence-corrected chi connectivity index (χ0v) is 10.1. The second-order valence-corrected chi connectivity index (χ2v) is 3.78. The molecule has 0 aromatic heterocycles. The van der Waals surface area contributed by atoms with Gasteiger partial charge in [0.05, 0.1) is 12.7 Å². The second kappa shape index (κ2) is 7.68. The van der Waals surface area contributed by atoms with Gasteiger partial charge in [0.1, 0.15) is 0 Å². The number of hydrogen-bond donors (Lipinski definition) is 2. The minimum atomic E-state index is -0.320. The molecule has 0 saturated carbocycles. The molecule has 0 amide bonds. The van der Waals surface area contributed by atoms with Crippen LogP contribution in [0.3, 0.4) is 0 Å². The zero-order chi connectivity index (χ0) is 12.5.